The van der Waals surface area contributed by atoms with E-state index in [1.54, 1.807) is 12.1 Å². The number of hydrogen-bond acceptors (Lipinski definition) is 3. The Morgan fingerprint density at radius 3 is 2.40 bits per heavy atom. The lowest BCUT2D eigenvalue weighted by atomic mass is 9.87. The summed E-state index contributed by atoms with van der Waals surface area (Å²) >= 11 is 1.38. The van der Waals surface area contributed by atoms with Crippen molar-refractivity contribution < 1.29 is 9.18 Å². The van der Waals surface area contributed by atoms with Crippen LogP contribution in [0.3, 0.4) is 0 Å². The highest BCUT2D eigenvalue weighted by atomic mass is 32.2. The molecule has 1 amide bonds. The molecule has 1 N–H and O–H groups in total. The van der Waals surface area contributed by atoms with Gasteiger partial charge in [0.25, 0.3) is 0 Å². The number of halogens is 1. The van der Waals surface area contributed by atoms with Gasteiger partial charge in [-0.05, 0) is 29.2 Å². The number of amides is 1. The molecule has 5 heteroatoms. The van der Waals surface area contributed by atoms with Gasteiger partial charge in [0.15, 0.2) is 0 Å². The highest BCUT2D eigenvalue weighted by Gasteiger charge is 2.17. The summed E-state index contributed by atoms with van der Waals surface area (Å²) in [7, 11) is 0. The average Bonchev–Trinajstić information content (AvgIpc) is 2.58. The molecule has 0 spiro atoms. The van der Waals surface area contributed by atoms with Gasteiger partial charge in [0.05, 0.1) is 11.8 Å². The third-order valence-electron chi connectivity index (χ3n) is 3.74. The Labute approximate surface area is 152 Å². The monoisotopic (exact) mass is 356 g/mol. The van der Waals surface area contributed by atoms with Crippen LogP contribution in [0.1, 0.15) is 37.9 Å². The summed E-state index contributed by atoms with van der Waals surface area (Å²) in [4.78, 5) is 13.1. The Bertz CT molecular complexity index is 776. The molecule has 0 saturated carbocycles. The van der Waals surface area contributed by atoms with Crippen LogP contribution in [0, 0.1) is 17.1 Å². The number of carbonyl (C=O) groups excluding carboxylic acids is 1. The molecular formula is C20H21FN2OS. The van der Waals surface area contributed by atoms with Gasteiger partial charge < -0.3 is 5.32 Å². The van der Waals surface area contributed by atoms with Gasteiger partial charge >= 0.3 is 0 Å². The summed E-state index contributed by atoms with van der Waals surface area (Å²) in [6.07, 6.45) is 0. The zero-order chi connectivity index (χ0) is 18.4. The van der Waals surface area contributed by atoms with Crippen LogP contribution in [0.2, 0.25) is 0 Å². The minimum atomic E-state index is -0.988. The van der Waals surface area contributed by atoms with Crippen molar-refractivity contribution >= 4 is 17.7 Å². The van der Waals surface area contributed by atoms with Crippen molar-refractivity contribution in [2.75, 3.05) is 5.75 Å². The molecule has 0 aliphatic carbocycles. The van der Waals surface area contributed by atoms with Crippen LogP contribution in [0.4, 0.5) is 4.39 Å². The molecule has 0 aromatic heterocycles. The van der Waals surface area contributed by atoms with Gasteiger partial charge in [-0.3, -0.25) is 4.79 Å². The van der Waals surface area contributed by atoms with Crippen LogP contribution >= 0.6 is 11.8 Å². The molecule has 3 nitrogen and oxygen atoms in total. The van der Waals surface area contributed by atoms with E-state index in [-0.39, 0.29) is 22.6 Å². The minimum absolute atomic E-state index is 0.0837. The fourth-order valence-corrected chi connectivity index (χ4v) is 3.00. The molecule has 0 radical (unpaired) electrons. The maximum atomic E-state index is 13.8. The first-order valence-corrected chi connectivity index (χ1v) is 8.96. The lowest BCUT2D eigenvalue weighted by molar-refractivity contribution is -0.118. The third-order valence-corrected chi connectivity index (χ3v) is 4.75. The summed E-state index contributed by atoms with van der Waals surface area (Å²) in [6.45, 7) is 6.44. The van der Waals surface area contributed by atoms with Crippen LogP contribution in [0.5, 0.6) is 0 Å². The summed E-state index contributed by atoms with van der Waals surface area (Å²) in [6, 6.07) is 15.0. The van der Waals surface area contributed by atoms with Gasteiger partial charge in [0.2, 0.25) is 5.91 Å². The zero-order valence-corrected chi connectivity index (χ0v) is 15.4. The molecule has 2 rings (SSSR count). The minimum Gasteiger partial charge on any atom is -0.336 e. The summed E-state index contributed by atoms with van der Waals surface area (Å²) < 4.78 is 13.8. The van der Waals surface area contributed by atoms with Gasteiger partial charge in [-0.15, -0.1) is 11.8 Å². The molecule has 0 aliphatic rings. The first-order valence-electron chi connectivity index (χ1n) is 7.98. The second-order valence-corrected chi connectivity index (χ2v) is 7.76. The van der Waals surface area contributed by atoms with E-state index in [4.69, 9.17) is 0 Å². The fourth-order valence-electron chi connectivity index (χ4n) is 2.29. The summed E-state index contributed by atoms with van der Waals surface area (Å²) in [5, 5.41) is 11.8. The quantitative estimate of drug-likeness (QED) is 0.797. The van der Waals surface area contributed by atoms with E-state index in [0.29, 0.717) is 0 Å². The first-order chi connectivity index (χ1) is 11.8. The SMILES string of the molecule is CC(C)(C)c1ccc(SCC(=O)NC(C#N)c2ccccc2F)cc1. The van der Waals surface area contributed by atoms with E-state index in [1.807, 2.05) is 18.2 Å². The maximum absolute atomic E-state index is 13.8. The lowest BCUT2D eigenvalue weighted by Crippen LogP contribution is -2.29. The second-order valence-electron chi connectivity index (χ2n) is 6.71. The highest BCUT2D eigenvalue weighted by molar-refractivity contribution is 8.00. The standard InChI is InChI=1S/C20H21FN2OS/c1-20(2,3)14-8-10-15(11-9-14)25-13-19(24)23-18(12-22)16-6-4-5-7-17(16)21/h4-11,18H,13H2,1-3H3,(H,23,24). The molecule has 0 saturated heterocycles. The number of thioether (sulfide) groups is 1. The van der Waals surface area contributed by atoms with Crippen LogP contribution in [0.25, 0.3) is 0 Å². The normalized spacial score (nSPS) is 12.3. The number of benzene rings is 2. The molecule has 0 fully saturated rings. The third kappa shape index (κ3) is 5.33. The van der Waals surface area contributed by atoms with Crippen molar-refractivity contribution in [2.45, 2.75) is 37.1 Å². The molecule has 25 heavy (non-hydrogen) atoms. The number of nitriles is 1. The van der Waals surface area contributed by atoms with Gasteiger partial charge in [-0.2, -0.15) is 5.26 Å². The van der Waals surface area contributed by atoms with E-state index in [2.05, 4.69) is 38.2 Å². The number of rotatable bonds is 5. The smallest absolute Gasteiger partial charge is 0.231 e. The van der Waals surface area contributed by atoms with Crippen LogP contribution in [-0.4, -0.2) is 11.7 Å². The van der Waals surface area contributed by atoms with Gasteiger partial charge in [-0.1, -0.05) is 51.1 Å². The predicted molar refractivity (Wildman–Crippen MR) is 98.8 cm³/mol. The van der Waals surface area contributed by atoms with E-state index in [0.717, 1.165) is 4.90 Å². The van der Waals surface area contributed by atoms with Crippen molar-refractivity contribution in [2.24, 2.45) is 0 Å². The van der Waals surface area contributed by atoms with Crippen molar-refractivity contribution in [1.82, 2.24) is 5.32 Å². The van der Waals surface area contributed by atoms with E-state index >= 15 is 0 Å². The molecule has 1 atom stereocenters. The molecule has 0 aliphatic heterocycles. The topological polar surface area (TPSA) is 52.9 Å². The molecule has 0 bridgehead atoms. The molecular weight excluding hydrogens is 335 g/mol. The number of hydrogen-bond donors (Lipinski definition) is 1. The largest absolute Gasteiger partial charge is 0.336 e. The first kappa shape index (κ1) is 19.0. The molecule has 2 aromatic rings. The summed E-state index contributed by atoms with van der Waals surface area (Å²) in [5.74, 6) is -0.638. The Kier molecular flexibility index (Phi) is 6.22. The highest BCUT2D eigenvalue weighted by Crippen LogP contribution is 2.25. The number of carbonyl (C=O) groups is 1. The van der Waals surface area contributed by atoms with Crippen LogP contribution < -0.4 is 5.32 Å². The average molecular weight is 356 g/mol. The fraction of sp³-hybridized carbons (Fsp3) is 0.300. The lowest BCUT2D eigenvalue weighted by Gasteiger charge is -2.19. The Morgan fingerprint density at radius 1 is 1.20 bits per heavy atom. The van der Waals surface area contributed by atoms with E-state index < -0.39 is 11.9 Å². The second kappa shape index (κ2) is 8.17. The Morgan fingerprint density at radius 2 is 1.84 bits per heavy atom. The number of nitrogens with zero attached hydrogens (tertiary/aromatic N) is 1. The van der Waals surface area contributed by atoms with Crippen LogP contribution in [0.15, 0.2) is 53.4 Å². The van der Waals surface area contributed by atoms with Crippen LogP contribution in [-0.2, 0) is 10.2 Å². The molecule has 0 heterocycles. The van der Waals surface area contributed by atoms with Gasteiger partial charge in [-0.25, -0.2) is 4.39 Å². The van der Waals surface area contributed by atoms with E-state index in [9.17, 15) is 14.4 Å². The molecule has 2 aromatic carbocycles. The molecule has 1 unspecified atom stereocenters. The van der Waals surface area contributed by atoms with Crippen molar-refractivity contribution in [1.29, 1.82) is 5.26 Å². The summed E-state index contributed by atoms with van der Waals surface area (Å²) in [5.41, 5.74) is 1.49. The van der Waals surface area contributed by atoms with Gasteiger partial charge in [0, 0.05) is 10.5 Å². The van der Waals surface area contributed by atoms with Crippen molar-refractivity contribution in [3.63, 3.8) is 0 Å². The number of nitrogens with one attached hydrogen (secondary N) is 1. The van der Waals surface area contributed by atoms with Crippen molar-refractivity contribution in [3.05, 3.63) is 65.5 Å². The van der Waals surface area contributed by atoms with Gasteiger partial charge in [0.1, 0.15) is 11.9 Å². The van der Waals surface area contributed by atoms with E-state index in [1.165, 1.54) is 29.5 Å². The Hall–Kier alpha value is -2.32. The molecule has 130 valence electrons. The predicted octanol–water partition coefficient (Wildman–Crippen LogP) is 4.60. The Balaban J connectivity index is 1.94. The van der Waals surface area contributed by atoms with Crippen molar-refractivity contribution in [3.8, 4) is 6.07 Å². The maximum Gasteiger partial charge on any atom is 0.231 e. The zero-order valence-electron chi connectivity index (χ0n) is 14.5.